The fourth-order valence-corrected chi connectivity index (χ4v) is 3.01. The lowest BCUT2D eigenvalue weighted by molar-refractivity contribution is -0.115. The lowest BCUT2D eigenvalue weighted by Crippen LogP contribution is -2.05. The lowest BCUT2D eigenvalue weighted by atomic mass is 10.3. The van der Waals surface area contributed by atoms with Crippen molar-refractivity contribution in [3.63, 3.8) is 0 Å². The van der Waals surface area contributed by atoms with Gasteiger partial charge in [-0.1, -0.05) is 0 Å². The summed E-state index contributed by atoms with van der Waals surface area (Å²) in [5.74, 6) is 2.25. The molecule has 0 unspecified atom stereocenters. The van der Waals surface area contributed by atoms with Crippen molar-refractivity contribution in [2.45, 2.75) is 41.5 Å². The second kappa shape index (κ2) is 18.7. The number of hydrogen-bond donors (Lipinski definition) is 3. The highest BCUT2D eigenvalue weighted by atomic mass is 16.5. The Hall–Kier alpha value is -4.53. The Labute approximate surface area is 230 Å². The van der Waals surface area contributed by atoms with Crippen LogP contribution in [0.3, 0.4) is 0 Å². The fourth-order valence-electron chi connectivity index (χ4n) is 3.01. The van der Waals surface area contributed by atoms with Gasteiger partial charge >= 0.3 is 0 Å². The van der Waals surface area contributed by atoms with Gasteiger partial charge in [0.25, 0.3) is 0 Å². The molecule has 0 aliphatic carbocycles. The zero-order valence-corrected chi connectivity index (χ0v) is 23.5. The third kappa shape index (κ3) is 15.3. The molecule has 0 aromatic heterocycles. The standard InChI is InChI=1S/3C10H13NO2/c3*1-3-13-10-6-4-9(5-7-10)11-8(2)12/h3*4-7H,3H2,1-2H3,(H,11,12). The first-order valence-corrected chi connectivity index (χ1v) is 12.7. The molecule has 3 aromatic carbocycles. The van der Waals surface area contributed by atoms with Crippen LogP contribution in [-0.2, 0) is 14.4 Å². The number of rotatable bonds is 9. The van der Waals surface area contributed by atoms with Crippen molar-refractivity contribution in [3.8, 4) is 17.2 Å². The van der Waals surface area contributed by atoms with Gasteiger partial charge in [0.05, 0.1) is 19.8 Å². The number of benzene rings is 3. The van der Waals surface area contributed by atoms with E-state index in [0.29, 0.717) is 19.8 Å². The molecule has 210 valence electrons. The Morgan fingerprint density at radius 2 is 0.667 bits per heavy atom. The van der Waals surface area contributed by atoms with Gasteiger partial charge in [0, 0.05) is 37.8 Å². The topological polar surface area (TPSA) is 115 Å². The summed E-state index contributed by atoms with van der Waals surface area (Å²) in [4.78, 5) is 32.0. The summed E-state index contributed by atoms with van der Waals surface area (Å²) in [6.45, 7) is 12.2. The number of carbonyl (C=O) groups excluding carboxylic acids is 3. The van der Waals surface area contributed by atoms with Crippen LogP contribution in [0.2, 0.25) is 0 Å². The SMILES string of the molecule is CCOc1ccc(NC(C)=O)cc1.CCOc1ccc(NC(C)=O)cc1.CCOc1ccc(NC(C)=O)cc1. The van der Waals surface area contributed by atoms with Crippen molar-refractivity contribution in [3.05, 3.63) is 72.8 Å². The molecule has 0 aliphatic heterocycles. The van der Waals surface area contributed by atoms with Gasteiger partial charge in [0.2, 0.25) is 17.7 Å². The van der Waals surface area contributed by atoms with Gasteiger partial charge in [-0.05, 0) is 93.6 Å². The maximum Gasteiger partial charge on any atom is 0.221 e. The minimum Gasteiger partial charge on any atom is -0.494 e. The van der Waals surface area contributed by atoms with Gasteiger partial charge in [0.1, 0.15) is 17.2 Å². The first-order valence-electron chi connectivity index (χ1n) is 12.7. The van der Waals surface area contributed by atoms with Crippen molar-refractivity contribution >= 4 is 34.8 Å². The molecule has 3 amide bonds. The quantitative estimate of drug-likeness (QED) is 0.302. The molecule has 9 heteroatoms. The second-order valence-electron chi connectivity index (χ2n) is 7.92. The van der Waals surface area contributed by atoms with E-state index in [1.807, 2.05) is 93.6 Å². The number of amides is 3. The molecule has 3 rings (SSSR count). The van der Waals surface area contributed by atoms with Crippen molar-refractivity contribution in [2.75, 3.05) is 35.8 Å². The van der Waals surface area contributed by atoms with Crippen molar-refractivity contribution in [2.24, 2.45) is 0 Å². The Bertz CT molecular complexity index is 985. The molecule has 0 heterocycles. The molecule has 0 saturated heterocycles. The second-order valence-corrected chi connectivity index (χ2v) is 7.92. The highest BCUT2D eigenvalue weighted by Gasteiger charge is 1.97. The first kappa shape index (κ1) is 32.5. The molecule has 39 heavy (non-hydrogen) atoms. The monoisotopic (exact) mass is 537 g/mol. The number of hydrogen-bond acceptors (Lipinski definition) is 6. The smallest absolute Gasteiger partial charge is 0.221 e. The molecule has 3 aromatic rings. The van der Waals surface area contributed by atoms with Crippen LogP contribution in [0.5, 0.6) is 17.2 Å². The summed E-state index contributed by atoms with van der Waals surface area (Å²) in [5, 5.41) is 8.04. The van der Waals surface area contributed by atoms with Crippen molar-refractivity contribution in [1.29, 1.82) is 0 Å². The van der Waals surface area contributed by atoms with Crippen molar-refractivity contribution in [1.82, 2.24) is 0 Å². The molecule has 3 N–H and O–H groups in total. The van der Waals surface area contributed by atoms with Gasteiger partial charge in [-0.2, -0.15) is 0 Å². The molecule has 0 radical (unpaired) electrons. The Kier molecular flexibility index (Phi) is 15.6. The lowest BCUT2D eigenvalue weighted by Gasteiger charge is -2.04. The van der Waals surface area contributed by atoms with Crippen LogP contribution in [0.15, 0.2) is 72.8 Å². The summed E-state index contributed by atoms with van der Waals surface area (Å²) < 4.78 is 15.8. The van der Waals surface area contributed by atoms with Gasteiger partial charge in [-0.25, -0.2) is 0 Å². The van der Waals surface area contributed by atoms with E-state index in [2.05, 4.69) is 16.0 Å². The van der Waals surface area contributed by atoms with Crippen LogP contribution < -0.4 is 30.2 Å². The van der Waals surface area contributed by atoms with E-state index in [1.54, 1.807) is 0 Å². The van der Waals surface area contributed by atoms with E-state index < -0.39 is 0 Å². The summed E-state index contributed by atoms with van der Waals surface area (Å²) in [6, 6.07) is 21.8. The third-order valence-electron chi connectivity index (χ3n) is 4.46. The van der Waals surface area contributed by atoms with E-state index >= 15 is 0 Å². The molecular weight excluding hydrogens is 498 g/mol. The fraction of sp³-hybridized carbons (Fsp3) is 0.300. The summed E-state index contributed by atoms with van der Waals surface area (Å²) in [7, 11) is 0. The molecule has 0 saturated carbocycles. The summed E-state index contributed by atoms with van der Waals surface area (Å²) >= 11 is 0. The summed E-state index contributed by atoms with van der Waals surface area (Å²) in [6.07, 6.45) is 0. The highest BCUT2D eigenvalue weighted by Crippen LogP contribution is 2.17. The zero-order chi connectivity index (χ0) is 29.0. The van der Waals surface area contributed by atoms with E-state index in [4.69, 9.17) is 14.2 Å². The Morgan fingerprint density at radius 3 is 0.821 bits per heavy atom. The van der Waals surface area contributed by atoms with Crippen LogP contribution in [0.1, 0.15) is 41.5 Å². The van der Waals surface area contributed by atoms with Gasteiger partial charge in [-0.3, -0.25) is 14.4 Å². The van der Waals surface area contributed by atoms with Gasteiger partial charge in [-0.15, -0.1) is 0 Å². The molecule has 0 fully saturated rings. The molecule has 0 bridgehead atoms. The Morgan fingerprint density at radius 1 is 0.462 bits per heavy atom. The van der Waals surface area contributed by atoms with E-state index in [9.17, 15) is 14.4 Å². The van der Waals surface area contributed by atoms with E-state index in [0.717, 1.165) is 34.3 Å². The Balaban J connectivity index is 0.000000292. The minimum atomic E-state index is -0.0656. The zero-order valence-electron chi connectivity index (χ0n) is 23.5. The predicted octanol–water partition coefficient (Wildman–Crippen LogP) is 6.13. The van der Waals surface area contributed by atoms with E-state index in [-0.39, 0.29) is 17.7 Å². The average molecular weight is 538 g/mol. The normalized spacial score (nSPS) is 9.38. The van der Waals surface area contributed by atoms with Crippen molar-refractivity contribution < 1.29 is 28.6 Å². The number of ether oxygens (including phenoxy) is 3. The van der Waals surface area contributed by atoms with Crippen LogP contribution in [0, 0.1) is 0 Å². The van der Waals surface area contributed by atoms with E-state index in [1.165, 1.54) is 20.8 Å². The number of nitrogens with one attached hydrogen (secondary N) is 3. The maximum absolute atomic E-state index is 10.7. The van der Waals surface area contributed by atoms with Crippen LogP contribution in [0.25, 0.3) is 0 Å². The van der Waals surface area contributed by atoms with Crippen LogP contribution in [0.4, 0.5) is 17.1 Å². The largest absolute Gasteiger partial charge is 0.494 e. The highest BCUT2D eigenvalue weighted by molar-refractivity contribution is 5.89. The molecular formula is C30H39N3O6. The molecule has 9 nitrogen and oxygen atoms in total. The molecule has 0 atom stereocenters. The minimum absolute atomic E-state index is 0.0656. The van der Waals surface area contributed by atoms with Gasteiger partial charge < -0.3 is 30.2 Å². The van der Waals surface area contributed by atoms with Crippen LogP contribution >= 0.6 is 0 Å². The molecule has 0 spiro atoms. The maximum atomic E-state index is 10.7. The summed E-state index contributed by atoms with van der Waals surface area (Å²) in [5.41, 5.74) is 2.36. The first-order chi connectivity index (χ1) is 18.7. The predicted molar refractivity (Wildman–Crippen MR) is 156 cm³/mol. The van der Waals surface area contributed by atoms with Crippen LogP contribution in [-0.4, -0.2) is 37.5 Å². The third-order valence-corrected chi connectivity index (χ3v) is 4.46. The molecule has 0 aliphatic rings. The van der Waals surface area contributed by atoms with Gasteiger partial charge in [0.15, 0.2) is 0 Å². The number of carbonyl (C=O) groups is 3. The average Bonchev–Trinajstić information content (AvgIpc) is 2.88. The number of anilines is 3.